The van der Waals surface area contributed by atoms with Crippen molar-refractivity contribution < 1.29 is 65.9 Å². The number of carbonyl (C=O) groups excluding carboxylic acids is 11. The summed E-state index contributed by atoms with van der Waals surface area (Å²) in [6.45, 7) is 7.29. The summed E-state index contributed by atoms with van der Waals surface area (Å²) < 4.78 is 41.3. The number of carbonyl (C=O) groups is 11. The van der Waals surface area contributed by atoms with Gasteiger partial charge in [0, 0.05) is 61.3 Å². The zero-order valence-electron chi connectivity index (χ0n) is 55.2. The SMILES string of the molecule is CC[C@H](C)[C@@H]1NC(=O)[C@H](C2CCCC2)N(C)C(=O)C[C@@H](C)NC(=O)[C@H](C(C)C)N(C)C(=O)C2(CCCC2)NC(=O)[C@@H]2CCCN2C(=O)[C@H](CCc2ccc(C(F)(F)F)c(Cl)c2)NC(=O)CN(C)C(=O)[C@H](CC2CCCCC2)N(C)C(=O)CN(C)C(=O)CN(C)C1=O. The van der Waals surface area contributed by atoms with Crippen molar-refractivity contribution in [3.8, 4) is 0 Å². The molecule has 8 atom stereocenters. The average molecular weight is 1300 g/mol. The van der Waals surface area contributed by atoms with Crippen LogP contribution in [-0.2, 0) is 65.3 Å². The first kappa shape index (κ1) is 73.5. The van der Waals surface area contributed by atoms with Crippen molar-refractivity contribution in [2.45, 2.75) is 217 Å². The molecular formula is C65H99ClF3N11O11. The molecule has 1 spiro atoms. The Bertz CT molecular complexity index is 2810. The van der Waals surface area contributed by atoms with Crippen molar-refractivity contribution in [3.05, 3.63) is 34.3 Å². The Morgan fingerprint density at radius 3 is 1.87 bits per heavy atom. The van der Waals surface area contributed by atoms with Crippen LogP contribution < -0.4 is 21.3 Å². The predicted octanol–water partition coefficient (Wildman–Crippen LogP) is 5.31. The third-order valence-corrected chi connectivity index (χ3v) is 20.0. The third kappa shape index (κ3) is 18.6. The number of rotatable bonds is 9. The van der Waals surface area contributed by atoms with E-state index in [0.29, 0.717) is 44.1 Å². The van der Waals surface area contributed by atoms with Gasteiger partial charge in [-0.1, -0.05) is 110 Å². The molecule has 2 saturated heterocycles. The average Bonchev–Trinajstić information content (AvgIpc) is 1.79. The molecule has 0 unspecified atom stereocenters. The van der Waals surface area contributed by atoms with Crippen LogP contribution in [0.2, 0.25) is 5.02 Å². The standard InChI is InChI=1S/C65H99ClF3N11O11/c1-12-40(4)54-62(90)76(8)37-52(83)74(6)38-53(84)77(9)49(35-42-21-14-13-15-22-42)61(89)75(7)36-50(81)71-47(29-27-43-26-28-45(46(66)34-43)65(67,68)69)60(88)80-32-20-25-48(80)57(85)73-64(30-18-19-31-64)63(91)79(11)55(39(2)3)58(86)70-41(5)33-51(82)78(10)56(59(87)72-54)44-23-16-17-24-44/h26,28,34,39-42,44,47-49,54-56H,12-25,27,29-33,35-38H2,1-11H3,(H,70,86)(H,71,81)(H,72,87)(H,73,85)/t40-,41+,47-,48-,49-,54-,55-,56-/m0/s1. The smallest absolute Gasteiger partial charge is 0.351 e. The molecule has 2 aliphatic heterocycles. The maximum absolute atomic E-state index is 15.0. The van der Waals surface area contributed by atoms with Crippen LogP contribution in [0, 0.1) is 23.7 Å². The number of benzene rings is 1. The van der Waals surface area contributed by atoms with Crippen LogP contribution in [0.25, 0.3) is 0 Å². The second-order valence-electron chi connectivity index (χ2n) is 26.9. The predicted molar refractivity (Wildman–Crippen MR) is 335 cm³/mol. The van der Waals surface area contributed by atoms with Gasteiger partial charge >= 0.3 is 6.18 Å². The maximum atomic E-state index is 15.0. The molecule has 4 N–H and O–H groups in total. The molecule has 6 rings (SSSR count). The minimum absolute atomic E-state index is 0.0364. The summed E-state index contributed by atoms with van der Waals surface area (Å²) in [7, 11) is 8.65. The van der Waals surface area contributed by atoms with Gasteiger partial charge in [0.25, 0.3) is 0 Å². The number of nitrogens with one attached hydrogen (secondary N) is 4. The lowest BCUT2D eigenvalue weighted by molar-refractivity contribution is -0.149. The number of hydrogen-bond donors (Lipinski definition) is 4. The summed E-state index contributed by atoms with van der Waals surface area (Å²) in [6.07, 6.45) is 4.87. The lowest BCUT2D eigenvalue weighted by Crippen LogP contribution is -2.64. The highest BCUT2D eigenvalue weighted by Crippen LogP contribution is 2.37. The fourth-order valence-corrected chi connectivity index (χ4v) is 14.4. The highest BCUT2D eigenvalue weighted by Gasteiger charge is 2.50. The Hall–Kier alpha value is -6.53. The molecule has 3 aliphatic carbocycles. The summed E-state index contributed by atoms with van der Waals surface area (Å²) >= 11 is 6.11. The first-order valence-corrected chi connectivity index (χ1v) is 33.1. The van der Waals surface area contributed by atoms with Crippen molar-refractivity contribution in [2.24, 2.45) is 23.7 Å². The van der Waals surface area contributed by atoms with E-state index in [9.17, 15) is 56.3 Å². The van der Waals surface area contributed by atoms with Gasteiger partial charge in [0.2, 0.25) is 65.0 Å². The molecule has 1 aromatic carbocycles. The van der Waals surface area contributed by atoms with Crippen molar-refractivity contribution in [2.75, 3.05) is 68.5 Å². The van der Waals surface area contributed by atoms with Crippen LogP contribution in [0.15, 0.2) is 18.2 Å². The topological polar surface area (TPSA) is 259 Å². The number of hydrogen-bond acceptors (Lipinski definition) is 11. The van der Waals surface area contributed by atoms with Gasteiger partial charge < -0.3 is 55.6 Å². The van der Waals surface area contributed by atoms with Gasteiger partial charge in [0.05, 0.1) is 30.2 Å². The number of halogens is 4. The highest BCUT2D eigenvalue weighted by molar-refractivity contribution is 6.31. The maximum Gasteiger partial charge on any atom is 0.417 e. The molecule has 2 heterocycles. The van der Waals surface area contributed by atoms with Crippen LogP contribution in [0.3, 0.4) is 0 Å². The van der Waals surface area contributed by atoms with Gasteiger partial charge in [-0.05, 0) is 106 Å². The molecule has 0 aromatic heterocycles. The molecule has 22 nitrogen and oxygen atoms in total. The summed E-state index contributed by atoms with van der Waals surface area (Å²) in [4.78, 5) is 169. The Morgan fingerprint density at radius 2 is 1.26 bits per heavy atom. The number of nitrogens with zero attached hydrogens (tertiary/aromatic N) is 7. The Morgan fingerprint density at radius 1 is 0.648 bits per heavy atom. The lowest BCUT2D eigenvalue weighted by atomic mass is 9.84. The molecule has 26 heteroatoms. The highest BCUT2D eigenvalue weighted by atomic mass is 35.5. The van der Waals surface area contributed by atoms with Crippen molar-refractivity contribution in [1.29, 1.82) is 0 Å². The quantitative estimate of drug-likeness (QED) is 0.246. The molecular weight excluding hydrogens is 1200 g/mol. The second kappa shape index (κ2) is 32.4. The van der Waals surface area contributed by atoms with Gasteiger partial charge in [-0.15, -0.1) is 0 Å². The van der Waals surface area contributed by atoms with E-state index in [1.54, 1.807) is 27.7 Å². The number of fused-ring (bicyclic) bond motifs is 1. The zero-order valence-corrected chi connectivity index (χ0v) is 55.9. The molecule has 1 aromatic rings. The van der Waals surface area contributed by atoms with E-state index in [2.05, 4.69) is 21.3 Å². The molecule has 11 amide bonds. The summed E-state index contributed by atoms with van der Waals surface area (Å²) in [5, 5.41) is 11.1. The van der Waals surface area contributed by atoms with E-state index in [0.717, 1.165) is 66.9 Å². The molecule has 508 valence electrons. The molecule has 5 fully saturated rings. The van der Waals surface area contributed by atoms with E-state index >= 15 is 9.59 Å². The Balaban J connectivity index is 1.36. The zero-order chi connectivity index (χ0) is 67.4. The second-order valence-corrected chi connectivity index (χ2v) is 27.3. The van der Waals surface area contributed by atoms with E-state index in [1.165, 1.54) is 72.9 Å². The third-order valence-electron chi connectivity index (χ3n) is 19.7. The summed E-state index contributed by atoms with van der Waals surface area (Å²) in [5.41, 5.74) is -2.24. The fourth-order valence-electron chi connectivity index (χ4n) is 14.1. The van der Waals surface area contributed by atoms with Crippen LogP contribution in [0.5, 0.6) is 0 Å². The molecule has 5 aliphatic rings. The Kier molecular flexibility index (Phi) is 26.1. The van der Waals surface area contributed by atoms with Gasteiger partial charge in [0.1, 0.15) is 41.8 Å². The van der Waals surface area contributed by atoms with Crippen LogP contribution >= 0.6 is 11.6 Å². The summed E-state index contributed by atoms with van der Waals surface area (Å²) in [6, 6.07) is -4.46. The van der Waals surface area contributed by atoms with Crippen molar-refractivity contribution in [1.82, 2.24) is 55.6 Å². The fraction of sp³-hybridized carbons (Fsp3) is 0.738. The van der Waals surface area contributed by atoms with E-state index in [-0.39, 0.29) is 63.3 Å². The lowest BCUT2D eigenvalue weighted by Gasteiger charge is -2.39. The number of likely N-dealkylation sites (N-methyl/N-ethyl adjacent to an activating group) is 6. The van der Waals surface area contributed by atoms with Crippen molar-refractivity contribution >= 4 is 76.6 Å². The Labute approximate surface area is 539 Å². The normalized spacial score (nSPS) is 27.2. The molecule has 0 bridgehead atoms. The first-order chi connectivity index (χ1) is 42.8. The van der Waals surface area contributed by atoms with Crippen molar-refractivity contribution in [3.63, 3.8) is 0 Å². The molecule has 0 radical (unpaired) electrons. The van der Waals surface area contributed by atoms with Gasteiger partial charge in [-0.2, -0.15) is 13.2 Å². The van der Waals surface area contributed by atoms with Crippen LogP contribution in [0.4, 0.5) is 13.2 Å². The molecule has 3 saturated carbocycles. The van der Waals surface area contributed by atoms with Crippen LogP contribution in [-0.4, -0.2) is 216 Å². The molecule has 91 heavy (non-hydrogen) atoms. The number of alkyl halides is 3. The monoisotopic (exact) mass is 1300 g/mol. The van der Waals surface area contributed by atoms with E-state index in [1.807, 2.05) is 6.92 Å². The van der Waals surface area contributed by atoms with E-state index < -0.39 is 161 Å². The summed E-state index contributed by atoms with van der Waals surface area (Å²) in [5.74, 6) is -7.77. The van der Waals surface area contributed by atoms with Crippen LogP contribution in [0.1, 0.15) is 168 Å². The first-order valence-electron chi connectivity index (χ1n) is 32.7. The largest absolute Gasteiger partial charge is 0.417 e. The van der Waals surface area contributed by atoms with Gasteiger partial charge in [0.15, 0.2) is 0 Å². The van der Waals surface area contributed by atoms with Gasteiger partial charge in [-0.25, -0.2) is 0 Å². The van der Waals surface area contributed by atoms with Gasteiger partial charge in [-0.3, -0.25) is 52.7 Å². The van der Waals surface area contributed by atoms with E-state index in [4.69, 9.17) is 11.6 Å². The minimum Gasteiger partial charge on any atom is -0.351 e. The number of aryl methyl sites for hydroxylation is 1. The minimum atomic E-state index is -4.74. The number of amides is 11.